The third kappa shape index (κ3) is 7.78. The highest BCUT2D eigenvalue weighted by Crippen LogP contribution is 2.43. The van der Waals surface area contributed by atoms with E-state index in [0.717, 1.165) is 55.6 Å². The standard InChI is InChI=1S/C27H36F6/c28-16-4-2-1-3-5-19-8-12-22(13-9-19)23-14-10-20(11-15-23)6-7-21-17-24(29)26(25(30)18-21)27(31,32)33/h1-2,17-20,22-23H,3-16H2/b2-1+/t19-,20?,22-,23?. The van der Waals surface area contributed by atoms with Crippen molar-refractivity contribution in [2.24, 2.45) is 23.7 Å². The van der Waals surface area contributed by atoms with Gasteiger partial charge < -0.3 is 0 Å². The monoisotopic (exact) mass is 474 g/mol. The SMILES string of the molecule is FCC/C=C/CC[C@H]1CC[C@H](C2CCC(CCc3cc(F)c(C(F)(F)F)c(F)c3)CC2)CC1. The average Bonchev–Trinajstić information content (AvgIpc) is 2.77. The second kappa shape index (κ2) is 12.3. The Balaban J connectivity index is 1.37. The number of hydrogen-bond acceptors (Lipinski definition) is 0. The van der Waals surface area contributed by atoms with Gasteiger partial charge in [0, 0.05) is 0 Å². The quantitative estimate of drug-likeness (QED) is 0.247. The van der Waals surface area contributed by atoms with Crippen LogP contribution in [0.3, 0.4) is 0 Å². The summed E-state index contributed by atoms with van der Waals surface area (Å²) in [6, 6.07) is 1.68. The van der Waals surface area contributed by atoms with Gasteiger partial charge in [-0.2, -0.15) is 13.2 Å². The van der Waals surface area contributed by atoms with E-state index in [1.54, 1.807) is 0 Å². The first kappa shape index (κ1) is 26.2. The van der Waals surface area contributed by atoms with E-state index in [2.05, 4.69) is 6.08 Å². The largest absolute Gasteiger partial charge is 0.422 e. The first-order valence-electron chi connectivity index (χ1n) is 12.5. The minimum absolute atomic E-state index is 0.282. The van der Waals surface area contributed by atoms with Gasteiger partial charge in [-0.25, -0.2) is 8.78 Å². The number of rotatable bonds is 9. The molecule has 0 bridgehead atoms. The molecule has 0 saturated heterocycles. The van der Waals surface area contributed by atoms with Crippen molar-refractivity contribution in [3.05, 3.63) is 47.0 Å². The smallest absolute Gasteiger partial charge is 0.251 e. The van der Waals surface area contributed by atoms with E-state index in [0.29, 0.717) is 24.3 Å². The van der Waals surface area contributed by atoms with Crippen molar-refractivity contribution in [1.29, 1.82) is 0 Å². The Morgan fingerprint density at radius 3 is 1.70 bits per heavy atom. The Bertz CT molecular complexity index is 729. The predicted octanol–water partition coefficient (Wildman–Crippen LogP) is 9.22. The number of alkyl halides is 4. The number of hydrogen-bond donors (Lipinski definition) is 0. The second-order valence-electron chi connectivity index (χ2n) is 10.1. The van der Waals surface area contributed by atoms with Crippen molar-refractivity contribution in [2.45, 2.75) is 89.6 Å². The normalized spacial score (nSPS) is 26.7. The van der Waals surface area contributed by atoms with Crippen LogP contribution < -0.4 is 0 Å². The maximum Gasteiger partial charge on any atom is 0.422 e. The summed E-state index contributed by atoms with van der Waals surface area (Å²) in [6.45, 7) is -0.282. The molecule has 0 N–H and O–H groups in total. The minimum Gasteiger partial charge on any atom is -0.251 e. The fourth-order valence-electron chi connectivity index (χ4n) is 5.94. The summed E-state index contributed by atoms with van der Waals surface area (Å²) in [5.74, 6) is -0.227. The Hall–Kier alpha value is -1.46. The van der Waals surface area contributed by atoms with Crippen molar-refractivity contribution in [3.8, 4) is 0 Å². The molecule has 1 aromatic rings. The van der Waals surface area contributed by atoms with Crippen molar-refractivity contribution < 1.29 is 26.3 Å². The van der Waals surface area contributed by atoms with Gasteiger partial charge >= 0.3 is 6.18 Å². The second-order valence-corrected chi connectivity index (χ2v) is 10.1. The van der Waals surface area contributed by atoms with Gasteiger partial charge in [-0.15, -0.1) is 0 Å². The summed E-state index contributed by atoms with van der Waals surface area (Å²) < 4.78 is 77.9. The summed E-state index contributed by atoms with van der Waals surface area (Å²) in [4.78, 5) is 0. The van der Waals surface area contributed by atoms with Crippen LogP contribution in [-0.2, 0) is 12.6 Å². The first-order chi connectivity index (χ1) is 15.8. The highest BCUT2D eigenvalue weighted by atomic mass is 19.4. The zero-order chi connectivity index (χ0) is 23.8. The summed E-state index contributed by atoms with van der Waals surface area (Å²) >= 11 is 0. The molecular formula is C27H36F6. The first-order valence-corrected chi connectivity index (χ1v) is 12.5. The molecule has 0 heterocycles. The lowest BCUT2D eigenvalue weighted by atomic mass is 9.68. The number of benzene rings is 1. The van der Waals surface area contributed by atoms with Crippen LogP contribution in [0.25, 0.3) is 0 Å². The van der Waals surface area contributed by atoms with Gasteiger partial charge in [0.15, 0.2) is 0 Å². The molecule has 1 aromatic carbocycles. The lowest BCUT2D eigenvalue weighted by Gasteiger charge is -2.38. The molecule has 0 radical (unpaired) electrons. The van der Waals surface area contributed by atoms with E-state index < -0.39 is 23.4 Å². The molecule has 186 valence electrons. The van der Waals surface area contributed by atoms with Gasteiger partial charge in [0.1, 0.15) is 17.2 Å². The van der Waals surface area contributed by atoms with Crippen LogP contribution in [0.2, 0.25) is 0 Å². The van der Waals surface area contributed by atoms with Gasteiger partial charge in [0.2, 0.25) is 0 Å². The van der Waals surface area contributed by atoms with Crippen LogP contribution in [0.4, 0.5) is 26.3 Å². The fourth-order valence-corrected chi connectivity index (χ4v) is 5.94. The summed E-state index contributed by atoms with van der Waals surface area (Å²) in [5.41, 5.74) is -1.49. The molecule has 0 atom stereocenters. The molecule has 0 unspecified atom stereocenters. The fraction of sp³-hybridized carbons (Fsp3) is 0.704. The summed E-state index contributed by atoms with van der Waals surface area (Å²) in [5, 5.41) is 0. The maximum atomic E-state index is 13.8. The average molecular weight is 475 g/mol. The van der Waals surface area contributed by atoms with E-state index in [4.69, 9.17) is 0 Å². The van der Waals surface area contributed by atoms with E-state index >= 15 is 0 Å². The van der Waals surface area contributed by atoms with Crippen LogP contribution in [-0.4, -0.2) is 6.67 Å². The van der Waals surface area contributed by atoms with Gasteiger partial charge in [0.25, 0.3) is 0 Å². The van der Waals surface area contributed by atoms with E-state index in [1.165, 1.54) is 44.9 Å². The van der Waals surface area contributed by atoms with E-state index in [9.17, 15) is 26.3 Å². The van der Waals surface area contributed by atoms with Crippen LogP contribution in [0, 0.1) is 35.3 Å². The van der Waals surface area contributed by atoms with Gasteiger partial charge in [-0.1, -0.05) is 37.8 Å². The Morgan fingerprint density at radius 2 is 1.21 bits per heavy atom. The Morgan fingerprint density at radius 1 is 0.727 bits per heavy atom. The van der Waals surface area contributed by atoms with Crippen LogP contribution in [0.15, 0.2) is 24.3 Å². The van der Waals surface area contributed by atoms with Crippen LogP contribution >= 0.6 is 0 Å². The van der Waals surface area contributed by atoms with Crippen molar-refractivity contribution in [3.63, 3.8) is 0 Å². The molecule has 2 aliphatic rings. The summed E-state index contributed by atoms with van der Waals surface area (Å²) in [6.07, 6.45) is 12.7. The van der Waals surface area contributed by atoms with Crippen molar-refractivity contribution in [1.82, 2.24) is 0 Å². The van der Waals surface area contributed by atoms with Gasteiger partial charge in [0.05, 0.1) is 6.67 Å². The Labute approximate surface area is 193 Å². The molecule has 0 amide bonds. The van der Waals surface area contributed by atoms with E-state index in [-0.39, 0.29) is 6.67 Å². The highest BCUT2D eigenvalue weighted by Gasteiger charge is 2.38. The maximum absolute atomic E-state index is 13.8. The van der Waals surface area contributed by atoms with Gasteiger partial charge in [-0.05, 0) is 99.2 Å². The zero-order valence-electron chi connectivity index (χ0n) is 19.3. The molecular weight excluding hydrogens is 438 g/mol. The molecule has 33 heavy (non-hydrogen) atoms. The molecule has 0 aliphatic heterocycles. The Kier molecular flexibility index (Phi) is 9.75. The third-order valence-electron chi connectivity index (χ3n) is 7.86. The lowest BCUT2D eigenvalue weighted by Crippen LogP contribution is -2.26. The van der Waals surface area contributed by atoms with Crippen LogP contribution in [0.5, 0.6) is 0 Å². The topological polar surface area (TPSA) is 0 Å². The van der Waals surface area contributed by atoms with Crippen molar-refractivity contribution in [2.75, 3.05) is 6.67 Å². The number of allylic oxidation sites excluding steroid dienone is 2. The molecule has 6 heteroatoms. The third-order valence-corrected chi connectivity index (χ3v) is 7.86. The number of halogens is 6. The van der Waals surface area contributed by atoms with Crippen LogP contribution in [0.1, 0.15) is 88.2 Å². The van der Waals surface area contributed by atoms with E-state index in [1.807, 2.05) is 6.08 Å². The molecule has 3 rings (SSSR count). The minimum atomic E-state index is -5.02. The molecule has 0 nitrogen and oxygen atoms in total. The lowest BCUT2D eigenvalue weighted by molar-refractivity contribution is -0.142. The predicted molar refractivity (Wildman–Crippen MR) is 120 cm³/mol. The number of aryl methyl sites for hydroxylation is 1. The zero-order valence-corrected chi connectivity index (χ0v) is 19.3. The molecule has 0 spiro atoms. The molecule has 2 saturated carbocycles. The molecule has 2 fully saturated rings. The molecule has 2 aliphatic carbocycles. The van der Waals surface area contributed by atoms with Gasteiger partial charge in [-0.3, -0.25) is 4.39 Å². The summed E-state index contributed by atoms with van der Waals surface area (Å²) in [7, 11) is 0. The molecule has 0 aromatic heterocycles. The van der Waals surface area contributed by atoms with Crippen molar-refractivity contribution >= 4 is 0 Å². The highest BCUT2D eigenvalue weighted by molar-refractivity contribution is 5.28.